The van der Waals surface area contributed by atoms with E-state index in [1.54, 1.807) is 12.1 Å². The molecular weight excluding hydrogens is 286 g/mol. The van der Waals surface area contributed by atoms with Gasteiger partial charge in [-0.15, -0.1) is 0 Å². The van der Waals surface area contributed by atoms with Crippen molar-refractivity contribution in [2.45, 2.75) is 18.7 Å². The highest BCUT2D eigenvalue weighted by Crippen LogP contribution is 2.19. The molecule has 0 amide bonds. The summed E-state index contributed by atoms with van der Waals surface area (Å²) in [5.41, 5.74) is 3.31. The van der Waals surface area contributed by atoms with Crippen LogP contribution < -0.4 is 4.72 Å². The van der Waals surface area contributed by atoms with E-state index in [0.29, 0.717) is 0 Å². The molecule has 1 aromatic heterocycles. The summed E-state index contributed by atoms with van der Waals surface area (Å²) in [4.78, 5) is 7.41. The lowest BCUT2D eigenvalue weighted by Crippen LogP contribution is -2.14. The molecule has 3 aromatic rings. The minimum Gasteiger partial charge on any atom is -0.323 e. The van der Waals surface area contributed by atoms with Crippen LogP contribution in [0.3, 0.4) is 0 Å². The second-order valence-electron chi connectivity index (χ2n) is 5.03. The zero-order valence-electron chi connectivity index (χ0n) is 11.7. The maximum absolute atomic E-state index is 12.4. The lowest BCUT2D eigenvalue weighted by Gasteiger charge is -2.07. The molecule has 0 aliphatic rings. The number of rotatable bonds is 3. The van der Waals surface area contributed by atoms with Gasteiger partial charge in [0.2, 0.25) is 5.95 Å². The second-order valence-corrected chi connectivity index (χ2v) is 6.71. The second kappa shape index (κ2) is 4.89. The molecule has 21 heavy (non-hydrogen) atoms. The number of nitrogens with one attached hydrogen (secondary N) is 2. The summed E-state index contributed by atoms with van der Waals surface area (Å²) < 4.78 is 27.3. The number of anilines is 1. The Morgan fingerprint density at radius 3 is 2.38 bits per heavy atom. The Bertz CT molecular complexity index is 860. The Labute approximate surface area is 123 Å². The molecule has 0 aliphatic heterocycles. The maximum atomic E-state index is 12.4. The van der Waals surface area contributed by atoms with Crippen LogP contribution in [0.25, 0.3) is 11.0 Å². The highest BCUT2D eigenvalue weighted by molar-refractivity contribution is 7.92. The van der Waals surface area contributed by atoms with Crippen molar-refractivity contribution in [1.29, 1.82) is 0 Å². The predicted octanol–water partition coefficient (Wildman–Crippen LogP) is 2.98. The van der Waals surface area contributed by atoms with Gasteiger partial charge in [0.1, 0.15) is 0 Å². The number of hydrogen-bond donors (Lipinski definition) is 2. The third-order valence-corrected chi connectivity index (χ3v) is 4.44. The smallest absolute Gasteiger partial charge is 0.264 e. The molecule has 1 heterocycles. The van der Waals surface area contributed by atoms with Crippen molar-refractivity contribution in [3.05, 3.63) is 53.6 Å². The monoisotopic (exact) mass is 301 g/mol. The third-order valence-electron chi connectivity index (χ3n) is 3.13. The van der Waals surface area contributed by atoms with E-state index in [9.17, 15) is 8.42 Å². The van der Waals surface area contributed by atoms with Crippen molar-refractivity contribution >= 4 is 27.0 Å². The first kappa shape index (κ1) is 13.6. The minimum atomic E-state index is -3.65. The van der Waals surface area contributed by atoms with E-state index in [0.717, 1.165) is 22.2 Å². The number of fused-ring (bicyclic) bond motifs is 1. The third kappa shape index (κ3) is 2.75. The van der Waals surface area contributed by atoms with Gasteiger partial charge in [-0.2, -0.15) is 0 Å². The van der Waals surface area contributed by atoms with Crippen molar-refractivity contribution in [1.82, 2.24) is 9.97 Å². The standard InChI is InChI=1S/C15H15N3O2S/c1-10-7-11(2)9-12(8-10)21(19,20)18-15-16-13-5-3-4-6-14(13)17-15/h3-9H,1-2H3,(H2,16,17,18). The van der Waals surface area contributed by atoms with Crippen LogP contribution in [0.4, 0.5) is 5.95 Å². The summed E-state index contributed by atoms with van der Waals surface area (Å²) in [7, 11) is -3.65. The molecule has 2 aromatic carbocycles. The molecule has 0 unspecified atom stereocenters. The van der Waals surface area contributed by atoms with Crippen molar-refractivity contribution in [3.8, 4) is 0 Å². The van der Waals surface area contributed by atoms with Gasteiger partial charge in [0.15, 0.2) is 0 Å². The van der Waals surface area contributed by atoms with E-state index in [2.05, 4.69) is 14.7 Å². The highest BCUT2D eigenvalue weighted by Gasteiger charge is 2.16. The van der Waals surface area contributed by atoms with Gasteiger partial charge < -0.3 is 4.98 Å². The number of benzene rings is 2. The number of imidazole rings is 1. The molecule has 0 fully saturated rings. The topological polar surface area (TPSA) is 74.8 Å². The molecule has 0 saturated carbocycles. The SMILES string of the molecule is Cc1cc(C)cc(S(=O)(=O)Nc2nc3ccccc3[nH]2)c1. The van der Waals surface area contributed by atoms with Crippen LogP contribution in [-0.4, -0.2) is 18.4 Å². The molecule has 6 heteroatoms. The largest absolute Gasteiger partial charge is 0.323 e. The number of aromatic amines is 1. The summed E-state index contributed by atoms with van der Waals surface area (Å²) in [5.74, 6) is 0.218. The lowest BCUT2D eigenvalue weighted by atomic mass is 10.2. The van der Waals surface area contributed by atoms with Crippen molar-refractivity contribution < 1.29 is 8.42 Å². The van der Waals surface area contributed by atoms with E-state index in [4.69, 9.17) is 0 Å². The Kier molecular flexibility index (Phi) is 3.17. The predicted molar refractivity (Wildman–Crippen MR) is 82.8 cm³/mol. The Hall–Kier alpha value is -2.34. The Morgan fingerprint density at radius 2 is 1.71 bits per heavy atom. The van der Waals surface area contributed by atoms with Gasteiger partial charge in [-0.25, -0.2) is 18.1 Å². The number of nitrogens with zero attached hydrogens (tertiary/aromatic N) is 1. The number of H-pyrrole nitrogens is 1. The number of aryl methyl sites for hydroxylation is 2. The number of hydrogen-bond acceptors (Lipinski definition) is 3. The maximum Gasteiger partial charge on any atom is 0.264 e. The van der Waals surface area contributed by atoms with E-state index in [1.807, 2.05) is 44.2 Å². The number of aromatic nitrogens is 2. The molecule has 0 atom stereocenters. The lowest BCUT2D eigenvalue weighted by molar-refractivity contribution is 0.600. The van der Waals surface area contributed by atoms with Gasteiger partial charge in [0.25, 0.3) is 10.0 Å². The van der Waals surface area contributed by atoms with Crippen LogP contribution in [0, 0.1) is 13.8 Å². The first-order chi connectivity index (χ1) is 9.94. The van der Waals surface area contributed by atoms with Gasteiger partial charge in [0, 0.05) is 0 Å². The first-order valence-corrected chi connectivity index (χ1v) is 7.98. The molecule has 5 nitrogen and oxygen atoms in total. The molecule has 2 N–H and O–H groups in total. The fourth-order valence-corrected chi connectivity index (χ4v) is 3.43. The number of para-hydroxylation sites is 2. The average molecular weight is 301 g/mol. The van der Waals surface area contributed by atoms with E-state index in [-0.39, 0.29) is 10.8 Å². The van der Waals surface area contributed by atoms with Gasteiger partial charge in [-0.3, -0.25) is 0 Å². The molecule has 0 saturated heterocycles. The first-order valence-electron chi connectivity index (χ1n) is 6.50. The molecule has 0 spiro atoms. The van der Waals surface area contributed by atoms with Crippen molar-refractivity contribution in [2.75, 3.05) is 4.72 Å². The van der Waals surface area contributed by atoms with Crippen LogP contribution in [0.15, 0.2) is 47.4 Å². The van der Waals surface area contributed by atoms with E-state index < -0.39 is 10.0 Å². The molecule has 3 rings (SSSR count). The fraction of sp³-hybridized carbons (Fsp3) is 0.133. The van der Waals surface area contributed by atoms with Crippen molar-refractivity contribution in [2.24, 2.45) is 0 Å². The average Bonchev–Trinajstić information content (AvgIpc) is 2.78. The number of sulfonamides is 1. The quantitative estimate of drug-likeness (QED) is 0.781. The van der Waals surface area contributed by atoms with Crippen LogP contribution in [-0.2, 0) is 10.0 Å². The summed E-state index contributed by atoms with van der Waals surface area (Å²) in [6, 6.07) is 12.6. The van der Waals surface area contributed by atoms with Crippen LogP contribution in [0.1, 0.15) is 11.1 Å². The van der Waals surface area contributed by atoms with Gasteiger partial charge in [-0.05, 0) is 49.2 Å². The normalized spacial score (nSPS) is 11.7. The molecular formula is C15H15N3O2S. The van der Waals surface area contributed by atoms with E-state index >= 15 is 0 Å². The Balaban J connectivity index is 1.98. The van der Waals surface area contributed by atoms with Crippen LogP contribution in [0.5, 0.6) is 0 Å². The molecule has 0 bridgehead atoms. The summed E-state index contributed by atoms with van der Waals surface area (Å²) >= 11 is 0. The van der Waals surface area contributed by atoms with E-state index in [1.165, 1.54) is 0 Å². The fourth-order valence-electron chi connectivity index (χ4n) is 2.28. The molecule has 0 aliphatic carbocycles. The van der Waals surface area contributed by atoms with Crippen molar-refractivity contribution in [3.63, 3.8) is 0 Å². The van der Waals surface area contributed by atoms with Gasteiger partial charge in [-0.1, -0.05) is 18.2 Å². The summed E-state index contributed by atoms with van der Waals surface area (Å²) in [5, 5.41) is 0. The zero-order valence-corrected chi connectivity index (χ0v) is 12.5. The molecule has 0 radical (unpaired) electrons. The Morgan fingerprint density at radius 1 is 1.05 bits per heavy atom. The summed E-state index contributed by atoms with van der Waals surface area (Å²) in [6.07, 6.45) is 0. The summed E-state index contributed by atoms with van der Waals surface area (Å²) in [6.45, 7) is 3.74. The van der Waals surface area contributed by atoms with Crippen LogP contribution in [0.2, 0.25) is 0 Å². The van der Waals surface area contributed by atoms with Gasteiger partial charge >= 0.3 is 0 Å². The van der Waals surface area contributed by atoms with Gasteiger partial charge in [0.05, 0.1) is 15.9 Å². The zero-order chi connectivity index (χ0) is 15.0. The minimum absolute atomic E-state index is 0.218. The highest BCUT2D eigenvalue weighted by atomic mass is 32.2. The molecule has 108 valence electrons. The van der Waals surface area contributed by atoms with Crippen LogP contribution >= 0.6 is 0 Å².